The van der Waals surface area contributed by atoms with Gasteiger partial charge in [0.15, 0.2) is 0 Å². The Balaban J connectivity index is 0. The Morgan fingerprint density at radius 2 is 1.00 bits per heavy atom. The number of hydrogen-bond donors (Lipinski definition) is 0. The van der Waals surface area contributed by atoms with Gasteiger partial charge in [-0.3, -0.25) is 0 Å². The molecule has 0 saturated carbocycles. The molecular weight excluding hydrogens is 641 g/mol. The molecule has 0 radical (unpaired) electrons. The van der Waals surface area contributed by atoms with Crippen LogP contribution in [0.5, 0.6) is 0 Å². The minimum atomic E-state index is -1.85. The van der Waals surface area contributed by atoms with Crippen molar-refractivity contribution in [2.24, 2.45) is 0 Å². The van der Waals surface area contributed by atoms with Gasteiger partial charge in [0.2, 0.25) is 0 Å². The molecule has 0 aromatic rings. The van der Waals surface area contributed by atoms with Crippen molar-refractivity contribution in [1.82, 2.24) is 0 Å². The molecule has 0 aliphatic rings. The SMILES string of the molecule is CC[Te+](CC)CC.[Br][Sb-]([Br])([Br])[Br]. The van der Waals surface area contributed by atoms with E-state index < -0.39 is 29.4 Å². The van der Waals surface area contributed by atoms with Crippen molar-refractivity contribution in [2.45, 2.75) is 34.2 Å². The van der Waals surface area contributed by atoms with Crippen molar-refractivity contribution in [1.29, 1.82) is 0 Å². The fraction of sp³-hybridized carbons (Fsp3) is 1.00. The molecule has 0 aromatic carbocycles. The van der Waals surface area contributed by atoms with E-state index in [0.717, 1.165) is 0 Å². The second-order valence-electron chi connectivity index (χ2n) is 1.86. The zero-order chi connectivity index (χ0) is 10.2. The molecule has 0 rings (SSSR count). The van der Waals surface area contributed by atoms with Gasteiger partial charge in [-0.25, -0.2) is 0 Å². The Bertz CT molecular complexity index is 80.5. The first-order valence-electron chi connectivity index (χ1n) is 3.66. The summed E-state index contributed by atoms with van der Waals surface area (Å²) in [5.74, 6) is 0. The van der Waals surface area contributed by atoms with Crippen molar-refractivity contribution in [3.05, 3.63) is 0 Å². The van der Waals surface area contributed by atoms with Crippen LogP contribution in [0.3, 0.4) is 0 Å². The van der Waals surface area contributed by atoms with Crippen molar-refractivity contribution in [2.75, 3.05) is 0 Å². The molecule has 0 heterocycles. The average molecular weight is 656 g/mol. The molecular formula is C6H15Br4SbTe. The van der Waals surface area contributed by atoms with E-state index in [4.69, 9.17) is 0 Å². The Morgan fingerprint density at radius 1 is 0.833 bits per heavy atom. The van der Waals surface area contributed by atoms with Crippen LogP contribution in [0.25, 0.3) is 0 Å². The summed E-state index contributed by atoms with van der Waals surface area (Å²) in [5.41, 5.74) is 0. The Labute approximate surface area is 111 Å². The number of rotatable bonds is 3. The molecule has 0 aromatic heterocycles. The van der Waals surface area contributed by atoms with Crippen LogP contribution in [0.1, 0.15) is 20.8 Å². The third-order valence-corrected chi connectivity index (χ3v) is 8.22. The van der Waals surface area contributed by atoms with Crippen LogP contribution in [0.2, 0.25) is 13.4 Å². The van der Waals surface area contributed by atoms with Crippen LogP contribution >= 0.6 is 50.4 Å². The zero-order valence-electron chi connectivity index (χ0n) is 7.49. The molecule has 6 heteroatoms. The summed E-state index contributed by atoms with van der Waals surface area (Å²) in [6.45, 7) is 7.01. The van der Waals surface area contributed by atoms with Crippen molar-refractivity contribution < 1.29 is 0 Å². The first kappa shape index (κ1) is 17.9. The zero-order valence-corrected chi connectivity index (χ0v) is 18.7. The summed E-state index contributed by atoms with van der Waals surface area (Å²) in [6.07, 6.45) is 0. The van der Waals surface area contributed by atoms with Crippen LogP contribution < -0.4 is 0 Å². The van der Waals surface area contributed by atoms with Crippen LogP contribution in [0, 0.1) is 0 Å². The molecule has 0 unspecified atom stereocenters. The van der Waals surface area contributed by atoms with E-state index in [1.165, 1.54) is 13.4 Å². The fourth-order valence-corrected chi connectivity index (χ4v) is 4.11. The minimum absolute atomic E-state index is 0.431. The predicted octanol–water partition coefficient (Wildman–Crippen LogP) is 5.54. The Kier molecular flexibility index (Phi) is 16.5. The molecule has 0 aliphatic carbocycles. The van der Waals surface area contributed by atoms with Crippen LogP contribution in [-0.2, 0) is 0 Å². The van der Waals surface area contributed by atoms with Gasteiger partial charge in [0.1, 0.15) is 0 Å². The van der Waals surface area contributed by atoms with Crippen molar-refractivity contribution >= 4 is 79.7 Å². The standard InChI is InChI=1S/C6H15Te.4BrH.Sb/c1-4-7(5-2)6-3;;;;;/h4-6H2,1-3H3;4*1H;/q+1;;;;;+3/p-4. The predicted molar refractivity (Wildman–Crippen MR) is 78.7 cm³/mol. The normalized spacial score (nSPS) is 12.3. The van der Waals surface area contributed by atoms with Gasteiger partial charge in [-0.15, -0.1) is 0 Å². The molecule has 0 atom stereocenters. The van der Waals surface area contributed by atoms with Crippen molar-refractivity contribution in [3.8, 4) is 0 Å². The van der Waals surface area contributed by atoms with Gasteiger partial charge in [-0.1, -0.05) is 0 Å². The molecule has 0 fully saturated rings. The van der Waals surface area contributed by atoms with E-state index >= 15 is 0 Å². The second-order valence-corrected chi connectivity index (χ2v) is 79.3. The molecule has 0 amide bonds. The third-order valence-electron chi connectivity index (χ3n) is 1.22. The van der Waals surface area contributed by atoms with Crippen LogP contribution in [0.15, 0.2) is 0 Å². The molecule has 0 nitrogen and oxygen atoms in total. The second kappa shape index (κ2) is 11.0. The van der Waals surface area contributed by atoms with Gasteiger partial charge in [0.25, 0.3) is 0 Å². The van der Waals surface area contributed by atoms with E-state index in [1.807, 2.05) is 0 Å². The van der Waals surface area contributed by atoms with Crippen LogP contribution in [-0.4, -0.2) is 29.4 Å². The first-order valence-corrected chi connectivity index (χ1v) is 31.5. The molecule has 78 valence electrons. The molecule has 0 N–H and O–H groups in total. The van der Waals surface area contributed by atoms with Gasteiger partial charge < -0.3 is 0 Å². The Hall–Kier alpha value is 3.53. The molecule has 0 bridgehead atoms. The quantitative estimate of drug-likeness (QED) is 0.351. The maximum atomic E-state index is 3.32. The summed E-state index contributed by atoms with van der Waals surface area (Å²) >= 11 is 12.9. The Morgan fingerprint density at radius 3 is 1.00 bits per heavy atom. The van der Waals surface area contributed by atoms with Crippen LogP contribution in [0.4, 0.5) is 0 Å². The van der Waals surface area contributed by atoms with Gasteiger partial charge in [-0.2, -0.15) is 0 Å². The monoisotopic (exact) mass is 654 g/mol. The van der Waals surface area contributed by atoms with Gasteiger partial charge in [0.05, 0.1) is 0 Å². The third kappa shape index (κ3) is 23.4. The topological polar surface area (TPSA) is 0 Å². The van der Waals surface area contributed by atoms with E-state index in [9.17, 15) is 0 Å². The van der Waals surface area contributed by atoms with Gasteiger partial charge in [-0.05, 0) is 0 Å². The summed E-state index contributed by atoms with van der Waals surface area (Å²) in [5, 5.41) is 0. The van der Waals surface area contributed by atoms with Crippen molar-refractivity contribution in [3.63, 3.8) is 0 Å². The molecule has 0 spiro atoms. The van der Waals surface area contributed by atoms with E-state index in [0.29, 0.717) is 0 Å². The molecule has 0 saturated heterocycles. The van der Waals surface area contributed by atoms with Gasteiger partial charge in [0, 0.05) is 0 Å². The average Bonchev–Trinajstić information content (AvgIpc) is 1.88. The number of halogens is 4. The summed E-state index contributed by atoms with van der Waals surface area (Å²) in [6, 6.07) is 0. The molecule has 0 aliphatic heterocycles. The maximum absolute atomic E-state index is 3.32. The first-order chi connectivity index (χ1) is 5.35. The van der Waals surface area contributed by atoms with E-state index in [1.54, 1.807) is 0 Å². The summed E-state index contributed by atoms with van der Waals surface area (Å²) < 4.78 is 4.57. The summed E-state index contributed by atoms with van der Waals surface area (Å²) in [4.78, 5) is 0. The summed E-state index contributed by atoms with van der Waals surface area (Å²) in [7, 11) is -1.85. The fourth-order valence-electron chi connectivity index (χ4n) is 0.612. The number of hydrogen-bond acceptors (Lipinski definition) is 0. The van der Waals surface area contributed by atoms with E-state index in [2.05, 4.69) is 71.2 Å². The molecule has 12 heavy (non-hydrogen) atoms. The van der Waals surface area contributed by atoms with Gasteiger partial charge >= 0.3 is 114 Å². The van der Waals surface area contributed by atoms with E-state index in [-0.39, 0.29) is 0 Å².